The quantitative estimate of drug-likeness (QED) is 0.449. The fraction of sp³-hybridized carbons (Fsp3) is 0.174. The minimum absolute atomic E-state index is 0.369. The highest BCUT2D eigenvalue weighted by Gasteiger charge is 2.13. The Morgan fingerprint density at radius 3 is 2.33 bits per heavy atom. The Balaban J connectivity index is 1.42. The minimum atomic E-state index is -3.84. The summed E-state index contributed by atoms with van der Waals surface area (Å²) in [5.41, 5.74) is 4.54. The van der Waals surface area contributed by atoms with Gasteiger partial charge in [0.05, 0.1) is 5.69 Å². The Labute approximate surface area is 196 Å². The predicted molar refractivity (Wildman–Crippen MR) is 129 cm³/mol. The molecule has 1 heterocycles. The van der Waals surface area contributed by atoms with E-state index in [0.29, 0.717) is 10.7 Å². The van der Waals surface area contributed by atoms with Crippen LogP contribution in [0.1, 0.15) is 16.7 Å². The monoisotopic (exact) mass is 485 g/mol. The molecule has 0 aliphatic heterocycles. The normalized spacial score (nSPS) is 11.5. The molecule has 172 valence electrons. The average molecular weight is 486 g/mol. The molecular formula is C23H23N3O5S2. The molecule has 0 atom stereocenters. The maximum atomic E-state index is 12.0. The van der Waals surface area contributed by atoms with Crippen LogP contribution >= 0.6 is 11.3 Å². The molecule has 2 aromatic carbocycles. The molecule has 0 saturated heterocycles. The Morgan fingerprint density at radius 2 is 1.67 bits per heavy atom. The lowest BCUT2D eigenvalue weighted by atomic mass is 10.1. The number of nitrogens with one attached hydrogen (secondary N) is 2. The van der Waals surface area contributed by atoms with Gasteiger partial charge in [0.2, 0.25) is 10.0 Å². The summed E-state index contributed by atoms with van der Waals surface area (Å²) in [7, 11) is -3.84. The zero-order valence-corrected chi connectivity index (χ0v) is 19.7. The third-order valence-corrected chi connectivity index (χ3v) is 6.20. The van der Waals surface area contributed by atoms with Crippen molar-refractivity contribution in [1.29, 1.82) is 0 Å². The molecule has 3 aromatic rings. The Morgan fingerprint density at radius 1 is 1.03 bits per heavy atom. The van der Waals surface area contributed by atoms with Crippen molar-refractivity contribution in [3.05, 3.63) is 76.0 Å². The van der Waals surface area contributed by atoms with Crippen molar-refractivity contribution < 1.29 is 22.7 Å². The second kappa shape index (κ2) is 11.0. The third-order valence-electron chi connectivity index (χ3n) is 4.40. The van der Waals surface area contributed by atoms with Gasteiger partial charge in [0.1, 0.15) is 6.54 Å². The maximum Gasteiger partial charge on any atom is 0.321 e. The number of thiazole rings is 1. The molecule has 1 aromatic heterocycles. The molecule has 0 fully saturated rings. The molecule has 0 unspecified atom stereocenters. The van der Waals surface area contributed by atoms with E-state index in [2.05, 4.69) is 15.0 Å². The molecule has 0 bridgehead atoms. The first-order valence-electron chi connectivity index (χ1n) is 9.93. The zero-order valence-electron chi connectivity index (χ0n) is 18.1. The molecule has 0 aliphatic rings. The van der Waals surface area contributed by atoms with Gasteiger partial charge in [-0.25, -0.2) is 18.1 Å². The van der Waals surface area contributed by atoms with E-state index < -0.39 is 35.1 Å². The highest BCUT2D eigenvalue weighted by molar-refractivity contribution is 7.92. The molecule has 8 nitrogen and oxygen atoms in total. The number of rotatable bonds is 9. The molecule has 0 spiro atoms. The van der Waals surface area contributed by atoms with Gasteiger partial charge in [-0.2, -0.15) is 0 Å². The summed E-state index contributed by atoms with van der Waals surface area (Å²) in [6.45, 7) is 2.77. The van der Waals surface area contributed by atoms with E-state index in [0.717, 1.165) is 27.8 Å². The molecule has 1 amide bonds. The van der Waals surface area contributed by atoms with Crippen LogP contribution in [-0.4, -0.2) is 38.4 Å². The number of benzene rings is 2. The number of hydrogen-bond donors (Lipinski definition) is 2. The van der Waals surface area contributed by atoms with Crippen LogP contribution in [0.3, 0.4) is 0 Å². The number of sulfonamides is 1. The molecule has 3 rings (SSSR count). The lowest BCUT2D eigenvalue weighted by molar-refractivity contribution is -0.146. The molecule has 0 radical (unpaired) electrons. The number of carbonyl (C=O) groups is 2. The van der Waals surface area contributed by atoms with Crippen molar-refractivity contribution in [1.82, 2.24) is 9.71 Å². The van der Waals surface area contributed by atoms with Gasteiger partial charge in [-0.05, 0) is 25.5 Å². The highest BCUT2D eigenvalue weighted by atomic mass is 32.2. The fourth-order valence-corrected chi connectivity index (χ4v) is 4.08. The van der Waals surface area contributed by atoms with E-state index in [1.807, 2.05) is 55.6 Å². The maximum absolute atomic E-state index is 12.0. The second-order valence-corrected chi connectivity index (χ2v) is 9.70. The van der Waals surface area contributed by atoms with Crippen LogP contribution in [0.15, 0.2) is 59.3 Å². The second-order valence-electron chi connectivity index (χ2n) is 7.19. The van der Waals surface area contributed by atoms with E-state index in [-0.39, 0.29) is 0 Å². The third kappa shape index (κ3) is 7.94. The molecule has 0 saturated carbocycles. The van der Waals surface area contributed by atoms with Crippen molar-refractivity contribution in [2.45, 2.75) is 13.8 Å². The van der Waals surface area contributed by atoms with Gasteiger partial charge in [-0.1, -0.05) is 59.7 Å². The standard InChI is InChI=1S/C23H23N3O5S2/c1-16-3-7-18(8-4-16)11-12-33(29,30)24-13-22(28)31-14-21(27)26-23-25-20(15-32-23)19-9-5-17(2)6-10-19/h3-12,15,24H,13-14H2,1-2H3,(H,25,26,27)/b12-11+. The largest absolute Gasteiger partial charge is 0.455 e. The molecular weight excluding hydrogens is 462 g/mol. The topological polar surface area (TPSA) is 114 Å². The first kappa shape index (κ1) is 24.3. The number of ether oxygens (including phenoxy) is 1. The Kier molecular flexibility index (Phi) is 8.10. The summed E-state index contributed by atoms with van der Waals surface area (Å²) in [5, 5.41) is 5.70. The van der Waals surface area contributed by atoms with Crippen LogP contribution in [0.4, 0.5) is 5.13 Å². The van der Waals surface area contributed by atoms with Gasteiger partial charge in [0.15, 0.2) is 11.7 Å². The summed E-state index contributed by atoms with van der Waals surface area (Å²) in [6, 6.07) is 15.1. The van der Waals surface area contributed by atoms with Crippen LogP contribution in [0.5, 0.6) is 0 Å². The first-order valence-corrected chi connectivity index (χ1v) is 12.4. The Bertz CT molecular complexity index is 1250. The molecule has 0 aliphatic carbocycles. The van der Waals surface area contributed by atoms with Crippen LogP contribution in [0, 0.1) is 13.8 Å². The predicted octanol–water partition coefficient (Wildman–Crippen LogP) is 3.50. The van der Waals surface area contributed by atoms with Gasteiger partial charge < -0.3 is 4.74 Å². The van der Waals surface area contributed by atoms with Crippen LogP contribution in [0.25, 0.3) is 17.3 Å². The fourth-order valence-electron chi connectivity index (χ4n) is 2.59. The number of esters is 1. The van der Waals surface area contributed by atoms with Crippen molar-refractivity contribution in [2.24, 2.45) is 0 Å². The van der Waals surface area contributed by atoms with E-state index in [1.165, 1.54) is 17.4 Å². The van der Waals surface area contributed by atoms with E-state index >= 15 is 0 Å². The van der Waals surface area contributed by atoms with Gasteiger partial charge in [-0.3, -0.25) is 14.9 Å². The van der Waals surface area contributed by atoms with Gasteiger partial charge in [-0.15, -0.1) is 11.3 Å². The van der Waals surface area contributed by atoms with Crippen LogP contribution in [0.2, 0.25) is 0 Å². The minimum Gasteiger partial charge on any atom is -0.455 e. The number of aryl methyl sites for hydroxylation is 2. The first-order chi connectivity index (χ1) is 15.7. The summed E-state index contributed by atoms with van der Waals surface area (Å²) in [5.74, 6) is -1.45. The van der Waals surface area contributed by atoms with Gasteiger partial charge in [0, 0.05) is 16.4 Å². The number of aromatic nitrogens is 1. The number of nitrogens with zero attached hydrogens (tertiary/aromatic N) is 1. The SMILES string of the molecule is Cc1ccc(/C=C/S(=O)(=O)NCC(=O)OCC(=O)Nc2nc(-c3ccc(C)cc3)cs2)cc1. The van der Waals surface area contributed by atoms with Crippen molar-refractivity contribution in [3.8, 4) is 11.3 Å². The van der Waals surface area contributed by atoms with Gasteiger partial charge >= 0.3 is 5.97 Å². The summed E-state index contributed by atoms with van der Waals surface area (Å²) < 4.78 is 30.9. The molecule has 33 heavy (non-hydrogen) atoms. The summed E-state index contributed by atoms with van der Waals surface area (Å²) in [6.07, 6.45) is 1.42. The lowest BCUT2D eigenvalue weighted by Crippen LogP contribution is -2.31. The molecule has 10 heteroatoms. The number of carbonyl (C=O) groups excluding carboxylic acids is 2. The van der Waals surface area contributed by atoms with E-state index in [4.69, 9.17) is 4.74 Å². The van der Waals surface area contributed by atoms with Crippen LogP contribution < -0.4 is 10.0 Å². The number of amides is 1. The summed E-state index contributed by atoms with van der Waals surface area (Å²) in [4.78, 5) is 28.2. The van der Waals surface area contributed by atoms with Crippen LogP contribution in [-0.2, 0) is 24.3 Å². The highest BCUT2D eigenvalue weighted by Crippen LogP contribution is 2.25. The van der Waals surface area contributed by atoms with Crippen molar-refractivity contribution >= 4 is 44.4 Å². The zero-order chi connectivity index (χ0) is 23.8. The summed E-state index contributed by atoms with van der Waals surface area (Å²) >= 11 is 1.25. The Hall–Kier alpha value is -3.34. The average Bonchev–Trinajstić information content (AvgIpc) is 3.25. The smallest absolute Gasteiger partial charge is 0.321 e. The van der Waals surface area contributed by atoms with Crippen molar-refractivity contribution in [2.75, 3.05) is 18.5 Å². The van der Waals surface area contributed by atoms with Crippen molar-refractivity contribution in [3.63, 3.8) is 0 Å². The van der Waals surface area contributed by atoms with E-state index in [9.17, 15) is 18.0 Å². The van der Waals surface area contributed by atoms with Gasteiger partial charge in [0.25, 0.3) is 5.91 Å². The number of anilines is 1. The van der Waals surface area contributed by atoms with E-state index in [1.54, 1.807) is 12.1 Å². The number of hydrogen-bond acceptors (Lipinski definition) is 7. The lowest BCUT2D eigenvalue weighted by Gasteiger charge is -2.05. The molecule has 2 N–H and O–H groups in total.